The first-order valence-electron chi connectivity index (χ1n) is 35.5. The van der Waals surface area contributed by atoms with Crippen LogP contribution in [0, 0.1) is 5.82 Å². The van der Waals surface area contributed by atoms with Crippen LogP contribution in [0.4, 0.5) is 57.1 Å². The number of phenolic OH excluding ortho intramolecular Hbond substituents is 1. The molecule has 0 amide bonds. The van der Waals surface area contributed by atoms with Gasteiger partial charge in [-0.15, -0.1) is 0 Å². The predicted octanol–water partition coefficient (Wildman–Crippen LogP) is 25.0. The fourth-order valence-corrected chi connectivity index (χ4v) is 15.3. The molecule has 588 valence electrons. The Hall–Kier alpha value is -13.7. The van der Waals surface area contributed by atoms with Gasteiger partial charge in [0.05, 0.1) is 15.2 Å². The predicted molar refractivity (Wildman–Crippen MR) is 409 cm³/mol. The number of ether oxygens (including phenoxy) is 5. The topological polar surface area (TPSA) is 135 Å². The van der Waals surface area contributed by atoms with E-state index < -0.39 is 90.4 Å². The number of halogens is 13. The number of hydrogen-bond acceptors (Lipinski definition) is 10. The van der Waals surface area contributed by atoms with Gasteiger partial charge in [-0.05, 0) is 263 Å². The third-order valence-electron chi connectivity index (χ3n) is 19.8. The number of rotatable bonds is 24. The minimum Gasteiger partial charge on any atom is -0.508 e. The van der Waals surface area contributed by atoms with Gasteiger partial charge in [0.15, 0.2) is 11.6 Å². The summed E-state index contributed by atoms with van der Waals surface area (Å²) in [5.74, 6) is -0.345. The van der Waals surface area contributed by atoms with Gasteiger partial charge in [-0.1, -0.05) is 133 Å². The summed E-state index contributed by atoms with van der Waals surface area (Å²) in [6.45, 7) is 0. The van der Waals surface area contributed by atoms with Crippen LogP contribution in [-0.4, -0.2) is 49.8 Å². The minimum absolute atomic E-state index is 0.0720. The second kappa shape index (κ2) is 31.9. The van der Waals surface area contributed by atoms with Gasteiger partial charge >= 0.3 is 24.7 Å². The Morgan fingerprint density at radius 3 is 0.658 bits per heavy atom. The molecule has 0 spiro atoms. The minimum atomic E-state index is -5.98. The summed E-state index contributed by atoms with van der Waals surface area (Å²) in [6, 6.07) is 80.2. The molecule has 0 aliphatic heterocycles. The van der Waals surface area contributed by atoms with Crippen molar-refractivity contribution in [3.63, 3.8) is 0 Å². The lowest BCUT2D eigenvalue weighted by Gasteiger charge is -2.38. The van der Waals surface area contributed by atoms with Gasteiger partial charge < -0.3 is 28.8 Å². The quantitative estimate of drug-likeness (QED) is 0.0354. The highest BCUT2D eigenvalue weighted by molar-refractivity contribution is 7.91. The average molecular weight is 1620 g/mol. The Morgan fingerprint density at radius 1 is 0.239 bits per heavy atom. The number of phenols is 1. The molecule has 0 bridgehead atoms. The Bertz CT molecular complexity index is 5870. The van der Waals surface area contributed by atoms with Crippen molar-refractivity contribution < 1.29 is 104 Å². The normalized spacial score (nSPS) is 12.3. The molecule has 0 heterocycles. The van der Waals surface area contributed by atoms with Gasteiger partial charge in [0.1, 0.15) is 69.1 Å². The fraction of sp³-hybridized carbons (Fsp3) is 0.0753. The number of hydrogen-bond donors (Lipinski definition) is 1. The van der Waals surface area contributed by atoms with Gasteiger partial charge in [0.2, 0.25) is 20.7 Å². The Kier molecular flexibility index (Phi) is 21.8. The van der Waals surface area contributed by atoms with Crippen LogP contribution in [0.2, 0.25) is 0 Å². The van der Waals surface area contributed by atoms with Crippen molar-refractivity contribution in [2.24, 2.45) is 0 Å². The maximum absolute atomic E-state index is 15.3. The molecule has 0 aromatic heterocycles. The zero-order valence-corrected chi connectivity index (χ0v) is 61.2. The second-order valence-electron chi connectivity index (χ2n) is 26.8. The SMILES string of the molecule is O=C(c1ccc(F)cc1)c1ccc(Oc2ccc(C(c3ccccc3)(c3ccccc3)c3ccc(Oc4ccc(C(=O)c5ccc(Oc6ccc(C(c7ccc(Oc8ccc(S(=O)(=O)c9ccc(Oc%10ccc(C(c%11ccc(O)cc%11)(C(F)(F)F)C(F)(F)F)cc%10)cc9)cc8)cc7)(C(F)(F)F)C(F)(F)F)cc6)cc5)cc4)cc3)cc2)cc1. The summed E-state index contributed by atoms with van der Waals surface area (Å²) in [6.07, 6.45) is -23.8. The van der Waals surface area contributed by atoms with Crippen LogP contribution in [0.5, 0.6) is 63.2 Å². The molecule has 0 atom stereocenters. The van der Waals surface area contributed by atoms with E-state index in [9.17, 15) is 53.8 Å². The maximum Gasteiger partial charge on any atom is 0.411 e. The Labute approximate surface area is 660 Å². The van der Waals surface area contributed by atoms with Crippen molar-refractivity contribution in [2.75, 3.05) is 0 Å². The zero-order valence-electron chi connectivity index (χ0n) is 60.4. The van der Waals surface area contributed by atoms with Gasteiger partial charge in [-0.25, -0.2) is 12.8 Å². The van der Waals surface area contributed by atoms with E-state index in [2.05, 4.69) is 24.3 Å². The molecule has 0 saturated carbocycles. The maximum atomic E-state index is 15.3. The average Bonchev–Trinajstić information content (AvgIpc) is 0.723. The monoisotopic (exact) mass is 1610 g/mol. The first-order valence-corrected chi connectivity index (χ1v) is 37.0. The van der Waals surface area contributed by atoms with Crippen LogP contribution in [0.3, 0.4) is 0 Å². The van der Waals surface area contributed by atoms with E-state index in [0.29, 0.717) is 94.8 Å². The molecule has 14 aromatic carbocycles. The number of aromatic hydroxyl groups is 1. The molecule has 0 radical (unpaired) electrons. The van der Waals surface area contributed by atoms with Crippen LogP contribution in [0.1, 0.15) is 76.4 Å². The van der Waals surface area contributed by atoms with Gasteiger partial charge in [-0.2, -0.15) is 52.7 Å². The van der Waals surface area contributed by atoms with Crippen molar-refractivity contribution >= 4 is 21.4 Å². The molecule has 14 rings (SSSR count). The summed E-state index contributed by atoms with van der Waals surface area (Å²) in [5.41, 5.74) is -9.70. The van der Waals surface area contributed by atoms with Crippen molar-refractivity contribution in [3.8, 4) is 63.2 Å². The molecule has 117 heavy (non-hydrogen) atoms. The third-order valence-corrected chi connectivity index (χ3v) is 21.5. The third kappa shape index (κ3) is 15.9. The molecule has 24 heteroatoms. The van der Waals surface area contributed by atoms with Gasteiger partial charge in [0, 0.05) is 22.3 Å². The molecule has 0 aliphatic rings. The van der Waals surface area contributed by atoms with E-state index in [0.717, 1.165) is 82.9 Å². The number of ketones is 2. The van der Waals surface area contributed by atoms with Crippen LogP contribution in [0.15, 0.2) is 362 Å². The smallest absolute Gasteiger partial charge is 0.411 e. The standard InChI is InChI=1S/C93H59F13O10S/c94-71-31-11-59(12-32-71)85(108)60-13-35-73(36-14-60)112-76-41-21-65(22-42-76)87(63-7-3-1-4-8-63,64-9-5-2-6-10-64)66-23-43-77(44-24-66)113-74-37-15-61(16-38-74)86(109)62-17-39-75(40-18-62)114-78-45-27-69(28-46-78)89(92(101,102)103,93(104,105)106)70-29-49-80(50-30-70)116-82-53-57-84(58-54-82)117(110,111)83-55-51-81(52-56-83)115-79-47-25-68(26-48-79)88(90(95,96)97,91(98,99)100)67-19-33-72(107)34-20-67/h1-58,107H. The van der Waals surface area contributed by atoms with Gasteiger partial charge in [-0.3, -0.25) is 9.59 Å². The van der Waals surface area contributed by atoms with Crippen LogP contribution in [-0.2, 0) is 26.1 Å². The highest BCUT2D eigenvalue weighted by Gasteiger charge is 2.74. The van der Waals surface area contributed by atoms with E-state index in [4.69, 9.17) is 23.7 Å². The number of alkyl halides is 12. The highest BCUT2D eigenvalue weighted by Crippen LogP contribution is 2.59. The zero-order chi connectivity index (χ0) is 82.7. The van der Waals surface area contributed by atoms with E-state index in [1.165, 1.54) is 72.8 Å². The van der Waals surface area contributed by atoms with Gasteiger partial charge in [0.25, 0.3) is 0 Å². The lowest BCUT2D eigenvalue weighted by atomic mass is 9.65. The fourth-order valence-electron chi connectivity index (χ4n) is 14.1. The highest BCUT2D eigenvalue weighted by atomic mass is 32.2. The lowest BCUT2D eigenvalue weighted by Crippen LogP contribution is -2.54. The number of benzene rings is 14. The van der Waals surface area contributed by atoms with Crippen LogP contribution < -0.4 is 23.7 Å². The number of sulfone groups is 1. The molecule has 1 N–H and O–H groups in total. The van der Waals surface area contributed by atoms with E-state index in [1.807, 2.05) is 84.9 Å². The number of carbonyl (C=O) groups is 2. The molecule has 0 aliphatic carbocycles. The van der Waals surface area contributed by atoms with E-state index in [-0.39, 0.29) is 61.2 Å². The summed E-state index contributed by atoms with van der Waals surface area (Å²) >= 11 is 0. The first kappa shape index (κ1) is 79.9. The molecule has 10 nitrogen and oxygen atoms in total. The van der Waals surface area contributed by atoms with E-state index >= 15 is 26.3 Å². The first-order chi connectivity index (χ1) is 55.8. The lowest BCUT2D eigenvalue weighted by molar-refractivity contribution is -0.290. The largest absolute Gasteiger partial charge is 0.508 e. The summed E-state index contributed by atoms with van der Waals surface area (Å²) < 4.78 is 250. The summed E-state index contributed by atoms with van der Waals surface area (Å²) in [7, 11) is -4.32. The summed E-state index contributed by atoms with van der Waals surface area (Å²) in [4.78, 5) is 26.3. The second-order valence-corrected chi connectivity index (χ2v) is 28.8. The molecule has 14 aromatic rings. The molecular formula is C93H59F13O10S. The molecule has 0 unspecified atom stereocenters. The Morgan fingerprint density at radius 2 is 0.427 bits per heavy atom. The van der Waals surface area contributed by atoms with Crippen LogP contribution >= 0.6 is 0 Å². The van der Waals surface area contributed by atoms with Crippen LogP contribution in [0.25, 0.3) is 0 Å². The van der Waals surface area contributed by atoms with Crippen molar-refractivity contribution in [1.82, 2.24) is 0 Å². The van der Waals surface area contributed by atoms with Crippen molar-refractivity contribution in [3.05, 3.63) is 424 Å². The van der Waals surface area contributed by atoms with Crippen molar-refractivity contribution in [1.29, 1.82) is 0 Å². The van der Waals surface area contributed by atoms with Crippen molar-refractivity contribution in [2.45, 2.75) is 50.7 Å². The number of carbonyl (C=O) groups excluding carboxylic acids is 2. The molecular weight excluding hydrogens is 1560 g/mol. The molecule has 0 saturated heterocycles. The summed E-state index contributed by atoms with van der Waals surface area (Å²) in [5, 5.41) is 9.58. The Balaban J connectivity index is 0.601. The molecule has 0 fully saturated rings. The van der Waals surface area contributed by atoms with E-state index in [1.54, 1.807) is 48.5 Å².